The van der Waals surface area contributed by atoms with Gasteiger partial charge in [-0.25, -0.2) is 0 Å². The van der Waals surface area contributed by atoms with Crippen molar-refractivity contribution in [3.8, 4) is 0 Å². The summed E-state index contributed by atoms with van der Waals surface area (Å²) in [6.45, 7) is 2.27. The molecule has 0 amide bonds. The molecule has 3 heteroatoms. The number of nitrogens with one attached hydrogen (secondary N) is 1. The SMILES string of the molecule is C[C@H](NC1CCCSC1)c1cccs1. The zero-order chi connectivity index (χ0) is 9.80. The fraction of sp³-hybridized carbons (Fsp3) is 0.636. The molecule has 1 aliphatic rings. The van der Waals surface area contributed by atoms with E-state index in [9.17, 15) is 0 Å². The minimum absolute atomic E-state index is 0.527. The molecule has 14 heavy (non-hydrogen) atoms. The molecule has 2 heterocycles. The first-order valence-electron chi connectivity index (χ1n) is 5.23. The van der Waals surface area contributed by atoms with Crippen LogP contribution in [0.1, 0.15) is 30.7 Å². The lowest BCUT2D eigenvalue weighted by Crippen LogP contribution is -2.35. The molecule has 0 bridgehead atoms. The summed E-state index contributed by atoms with van der Waals surface area (Å²) in [5.41, 5.74) is 0. The fourth-order valence-corrected chi connectivity index (χ4v) is 3.67. The van der Waals surface area contributed by atoms with Crippen molar-refractivity contribution >= 4 is 23.1 Å². The Morgan fingerprint density at radius 2 is 2.50 bits per heavy atom. The Bertz CT molecular complexity index is 252. The molecule has 0 aromatic carbocycles. The molecule has 78 valence electrons. The van der Waals surface area contributed by atoms with Gasteiger partial charge in [0.05, 0.1) is 0 Å². The smallest absolute Gasteiger partial charge is 0.0388 e. The summed E-state index contributed by atoms with van der Waals surface area (Å²) in [7, 11) is 0. The van der Waals surface area contributed by atoms with Crippen LogP contribution in [0.3, 0.4) is 0 Å². The lowest BCUT2D eigenvalue weighted by molar-refractivity contribution is 0.456. The third-order valence-electron chi connectivity index (χ3n) is 2.62. The van der Waals surface area contributed by atoms with Gasteiger partial charge in [-0.1, -0.05) is 6.07 Å². The second-order valence-electron chi connectivity index (χ2n) is 3.82. The van der Waals surface area contributed by atoms with Gasteiger partial charge < -0.3 is 5.32 Å². The molecular formula is C11H17NS2. The molecule has 0 aliphatic carbocycles. The Hall–Kier alpha value is 0.01000. The summed E-state index contributed by atoms with van der Waals surface area (Å²) >= 11 is 3.93. The van der Waals surface area contributed by atoms with E-state index in [2.05, 4.69) is 41.5 Å². The van der Waals surface area contributed by atoms with Crippen molar-refractivity contribution in [2.24, 2.45) is 0 Å². The normalized spacial score (nSPS) is 24.8. The van der Waals surface area contributed by atoms with Gasteiger partial charge in [0.1, 0.15) is 0 Å². The molecule has 0 saturated carbocycles. The van der Waals surface area contributed by atoms with Crippen LogP contribution in [0.2, 0.25) is 0 Å². The highest BCUT2D eigenvalue weighted by Gasteiger charge is 2.16. The topological polar surface area (TPSA) is 12.0 Å². The number of hydrogen-bond donors (Lipinski definition) is 1. The second-order valence-corrected chi connectivity index (χ2v) is 5.95. The van der Waals surface area contributed by atoms with E-state index < -0.39 is 0 Å². The van der Waals surface area contributed by atoms with Crippen molar-refractivity contribution in [1.29, 1.82) is 0 Å². The van der Waals surface area contributed by atoms with Crippen LogP contribution in [0.15, 0.2) is 17.5 Å². The van der Waals surface area contributed by atoms with Crippen LogP contribution in [-0.4, -0.2) is 17.5 Å². The Morgan fingerprint density at radius 3 is 3.14 bits per heavy atom. The maximum absolute atomic E-state index is 3.71. The number of thiophene rings is 1. The van der Waals surface area contributed by atoms with Gasteiger partial charge in [-0.15, -0.1) is 11.3 Å². The summed E-state index contributed by atoms with van der Waals surface area (Å²) in [5, 5.41) is 5.87. The van der Waals surface area contributed by atoms with Gasteiger partial charge in [-0.3, -0.25) is 0 Å². The molecule has 2 rings (SSSR count). The molecule has 1 N–H and O–H groups in total. The lowest BCUT2D eigenvalue weighted by Gasteiger charge is -2.25. The lowest BCUT2D eigenvalue weighted by atomic mass is 10.1. The summed E-state index contributed by atoms with van der Waals surface area (Å²) < 4.78 is 0. The van der Waals surface area contributed by atoms with E-state index >= 15 is 0 Å². The third kappa shape index (κ3) is 2.75. The first-order chi connectivity index (χ1) is 6.86. The molecule has 2 atom stereocenters. The molecular weight excluding hydrogens is 210 g/mol. The number of rotatable bonds is 3. The van der Waals surface area contributed by atoms with Gasteiger partial charge in [0.2, 0.25) is 0 Å². The Balaban J connectivity index is 1.84. The van der Waals surface area contributed by atoms with Crippen LogP contribution in [0, 0.1) is 0 Å². The van der Waals surface area contributed by atoms with E-state index in [0.29, 0.717) is 6.04 Å². The summed E-state index contributed by atoms with van der Waals surface area (Å²) in [6, 6.07) is 5.61. The predicted molar refractivity (Wildman–Crippen MR) is 66.2 cm³/mol. The maximum Gasteiger partial charge on any atom is 0.0388 e. The van der Waals surface area contributed by atoms with Crippen molar-refractivity contribution in [3.63, 3.8) is 0 Å². The zero-order valence-electron chi connectivity index (χ0n) is 8.53. The van der Waals surface area contributed by atoms with E-state index in [4.69, 9.17) is 0 Å². The van der Waals surface area contributed by atoms with E-state index in [-0.39, 0.29) is 0 Å². The van der Waals surface area contributed by atoms with Crippen LogP contribution in [-0.2, 0) is 0 Å². The number of thioether (sulfide) groups is 1. The second kappa shape index (κ2) is 5.19. The molecule has 1 nitrogen and oxygen atoms in total. The molecule has 0 radical (unpaired) electrons. The van der Waals surface area contributed by atoms with Crippen molar-refractivity contribution in [3.05, 3.63) is 22.4 Å². The quantitative estimate of drug-likeness (QED) is 0.850. The van der Waals surface area contributed by atoms with Crippen LogP contribution in [0.4, 0.5) is 0 Å². The fourth-order valence-electron chi connectivity index (χ4n) is 1.85. The first kappa shape index (κ1) is 10.5. The van der Waals surface area contributed by atoms with Crippen LogP contribution < -0.4 is 5.32 Å². The molecule has 1 aromatic rings. The van der Waals surface area contributed by atoms with Crippen molar-refractivity contribution in [2.75, 3.05) is 11.5 Å². The summed E-state index contributed by atoms with van der Waals surface area (Å²) in [4.78, 5) is 1.46. The Morgan fingerprint density at radius 1 is 1.57 bits per heavy atom. The van der Waals surface area contributed by atoms with Crippen molar-refractivity contribution in [1.82, 2.24) is 5.32 Å². The molecule has 1 saturated heterocycles. The summed E-state index contributed by atoms with van der Waals surface area (Å²) in [6.07, 6.45) is 2.72. The molecule has 0 spiro atoms. The first-order valence-corrected chi connectivity index (χ1v) is 7.27. The number of hydrogen-bond acceptors (Lipinski definition) is 3. The Labute approximate surface area is 94.3 Å². The summed E-state index contributed by atoms with van der Waals surface area (Å²) in [5.74, 6) is 2.64. The molecule has 1 unspecified atom stereocenters. The van der Waals surface area contributed by atoms with Crippen LogP contribution in [0.5, 0.6) is 0 Å². The predicted octanol–water partition coefficient (Wildman–Crippen LogP) is 3.29. The monoisotopic (exact) mass is 227 g/mol. The highest BCUT2D eigenvalue weighted by atomic mass is 32.2. The average molecular weight is 227 g/mol. The molecule has 1 fully saturated rings. The largest absolute Gasteiger partial charge is 0.306 e. The standard InChI is InChI=1S/C11H17NS2/c1-9(11-5-3-7-14-11)12-10-4-2-6-13-8-10/h3,5,7,9-10,12H,2,4,6,8H2,1H3/t9-,10?/m0/s1. The van der Waals surface area contributed by atoms with Gasteiger partial charge in [0, 0.05) is 22.7 Å². The third-order valence-corrected chi connectivity index (χ3v) is 4.89. The molecule has 1 aliphatic heterocycles. The van der Waals surface area contributed by atoms with Crippen molar-refractivity contribution < 1.29 is 0 Å². The van der Waals surface area contributed by atoms with Gasteiger partial charge in [0.15, 0.2) is 0 Å². The van der Waals surface area contributed by atoms with Gasteiger partial charge in [-0.2, -0.15) is 11.8 Å². The van der Waals surface area contributed by atoms with Crippen LogP contribution in [0.25, 0.3) is 0 Å². The van der Waals surface area contributed by atoms with E-state index in [1.54, 1.807) is 0 Å². The van der Waals surface area contributed by atoms with E-state index in [0.717, 1.165) is 6.04 Å². The van der Waals surface area contributed by atoms with Crippen molar-refractivity contribution in [2.45, 2.75) is 31.8 Å². The van der Waals surface area contributed by atoms with E-state index in [1.807, 2.05) is 11.3 Å². The molecule has 1 aromatic heterocycles. The highest BCUT2D eigenvalue weighted by molar-refractivity contribution is 7.99. The maximum atomic E-state index is 3.71. The highest BCUT2D eigenvalue weighted by Crippen LogP contribution is 2.22. The van der Waals surface area contributed by atoms with Crippen LogP contribution >= 0.6 is 23.1 Å². The van der Waals surface area contributed by atoms with E-state index in [1.165, 1.54) is 29.2 Å². The zero-order valence-corrected chi connectivity index (χ0v) is 10.2. The van der Waals surface area contributed by atoms with Gasteiger partial charge in [-0.05, 0) is 37.0 Å². The van der Waals surface area contributed by atoms with Gasteiger partial charge >= 0.3 is 0 Å². The average Bonchev–Trinajstić information content (AvgIpc) is 2.72. The minimum atomic E-state index is 0.527. The van der Waals surface area contributed by atoms with Gasteiger partial charge in [0.25, 0.3) is 0 Å². The Kier molecular flexibility index (Phi) is 3.90. The minimum Gasteiger partial charge on any atom is -0.306 e.